The van der Waals surface area contributed by atoms with Gasteiger partial charge in [0.05, 0.1) is 22.0 Å². The quantitative estimate of drug-likeness (QED) is 0.352. The Morgan fingerprint density at radius 3 is 2.28 bits per heavy atom. The van der Waals surface area contributed by atoms with E-state index < -0.39 is 28.5 Å². The van der Waals surface area contributed by atoms with Gasteiger partial charge in [0.15, 0.2) is 0 Å². The van der Waals surface area contributed by atoms with Crippen molar-refractivity contribution in [3.63, 3.8) is 0 Å². The maximum Gasteiger partial charge on any atom is 0.244 e. The van der Waals surface area contributed by atoms with Crippen LogP contribution in [0, 0.1) is 3.57 Å². The second kappa shape index (κ2) is 12.8. The van der Waals surface area contributed by atoms with Gasteiger partial charge in [-0.1, -0.05) is 49.0 Å². The maximum absolute atomic E-state index is 13.7. The largest absolute Gasteiger partial charge is 0.352 e. The second-order valence-electron chi connectivity index (χ2n) is 8.93. The van der Waals surface area contributed by atoms with Crippen LogP contribution in [0.25, 0.3) is 0 Å². The van der Waals surface area contributed by atoms with Crippen molar-refractivity contribution in [2.45, 2.75) is 57.7 Å². The van der Waals surface area contributed by atoms with E-state index in [1.807, 2.05) is 6.92 Å². The van der Waals surface area contributed by atoms with Crippen LogP contribution in [0.15, 0.2) is 42.5 Å². The minimum atomic E-state index is -3.77. The highest BCUT2D eigenvalue weighted by molar-refractivity contribution is 14.1. The number of hydrogen-bond donors (Lipinski definition) is 1. The summed E-state index contributed by atoms with van der Waals surface area (Å²) in [6.07, 6.45) is 5.38. The molecule has 11 heteroatoms. The first-order valence-corrected chi connectivity index (χ1v) is 15.4. The van der Waals surface area contributed by atoms with E-state index >= 15 is 0 Å². The normalized spacial score (nSPS) is 14.9. The molecule has 2 aromatic carbocycles. The summed E-state index contributed by atoms with van der Waals surface area (Å²) in [7, 11) is -3.77. The molecule has 1 aliphatic rings. The lowest BCUT2D eigenvalue weighted by atomic mass is 10.1. The number of halogens is 3. The Kier molecular flexibility index (Phi) is 10.3. The van der Waals surface area contributed by atoms with Crippen molar-refractivity contribution < 1.29 is 18.0 Å². The van der Waals surface area contributed by atoms with Gasteiger partial charge in [-0.15, -0.1) is 0 Å². The molecule has 0 heterocycles. The molecule has 196 valence electrons. The first kappa shape index (κ1) is 29.0. The number of amides is 2. The average molecular weight is 666 g/mol. The van der Waals surface area contributed by atoms with Crippen LogP contribution in [0.2, 0.25) is 10.0 Å². The van der Waals surface area contributed by atoms with Crippen molar-refractivity contribution in [3.05, 3.63) is 61.6 Å². The standard InChI is InChI=1S/C25H30Cl2IN3O4S/c1-3-23(25(33)29-19-6-4-5-7-19)30(15-17-8-13-21(26)22(27)14-17)24(32)16-31(36(2,34)35)20-11-9-18(28)10-12-20/h8-14,19,23H,3-7,15-16H2,1-2H3,(H,29,33). The molecule has 0 bridgehead atoms. The van der Waals surface area contributed by atoms with Crippen LogP contribution >= 0.6 is 45.8 Å². The van der Waals surface area contributed by atoms with Crippen molar-refractivity contribution in [2.24, 2.45) is 0 Å². The number of benzene rings is 2. The van der Waals surface area contributed by atoms with E-state index in [4.69, 9.17) is 23.2 Å². The molecule has 36 heavy (non-hydrogen) atoms. The molecule has 1 saturated carbocycles. The number of rotatable bonds is 10. The Bertz CT molecular complexity index is 1190. The van der Waals surface area contributed by atoms with Crippen molar-refractivity contribution in [1.29, 1.82) is 0 Å². The Morgan fingerprint density at radius 2 is 1.72 bits per heavy atom. The highest BCUT2D eigenvalue weighted by atomic mass is 127. The third kappa shape index (κ3) is 7.72. The monoisotopic (exact) mass is 665 g/mol. The summed E-state index contributed by atoms with van der Waals surface area (Å²) in [4.78, 5) is 28.5. The number of carbonyl (C=O) groups is 2. The fraction of sp³-hybridized carbons (Fsp3) is 0.440. The number of anilines is 1. The molecule has 3 rings (SSSR count). The van der Waals surface area contributed by atoms with Gasteiger partial charge in [-0.3, -0.25) is 13.9 Å². The molecule has 7 nitrogen and oxygen atoms in total. The van der Waals surface area contributed by atoms with Crippen LogP contribution in [0.4, 0.5) is 5.69 Å². The summed E-state index contributed by atoms with van der Waals surface area (Å²) in [5.74, 6) is -0.726. The minimum absolute atomic E-state index is 0.0800. The zero-order valence-electron chi connectivity index (χ0n) is 20.2. The average Bonchev–Trinajstić information content (AvgIpc) is 3.32. The summed E-state index contributed by atoms with van der Waals surface area (Å²) in [5.41, 5.74) is 1.06. The van der Waals surface area contributed by atoms with Gasteiger partial charge in [0.2, 0.25) is 21.8 Å². The predicted octanol–water partition coefficient (Wildman–Crippen LogP) is 5.23. The molecule has 0 aromatic heterocycles. The molecule has 0 spiro atoms. The van der Waals surface area contributed by atoms with E-state index in [-0.39, 0.29) is 18.5 Å². The highest BCUT2D eigenvalue weighted by Gasteiger charge is 2.33. The van der Waals surface area contributed by atoms with Gasteiger partial charge in [-0.25, -0.2) is 8.42 Å². The van der Waals surface area contributed by atoms with Crippen molar-refractivity contribution in [1.82, 2.24) is 10.2 Å². The highest BCUT2D eigenvalue weighted by Crippen LogP contribution is 2.25. The topological polar surface area (TPSA) is 86.8 Å². The number of hydrogen-bond acceptors (Lipinski definition) is 4. The van der Waals surface area contributed by atoms with Crippen molar-refractivity contribution in [3.8, 4) is 0 Å². The van der Waals surface area contributed by atoms with E-state index in [0.29, 0.717) is 27.7 Å². The number of carbonyl (C=O) groups excluding carboxylic acids is 2. The molecule has 1 aliphatic carbocycles. The summed E-state index contributed by atoms with van der Waals surface area (Å²) in [6, 6.07) is 11.2. The molecular weight excluding hydrogens is 636 g/mol. The fourth-order valence-corrected chi connectivity index (χ4v) is 5.87. The first-order chi connectivity index (χ1) is 17.0. The predicted molar refractivity (Wildman–Crippen MR) is 153 cm³/mol. The first-order valence-electron chi connectivity index (χ1n) is 11.8. The molecule has 1 unspecified atom stereocenters. The summed E-state index contributed by atoms with van der Waals surface area (Å²) in [6.45, 7) is 1.48. The molecule has 1 fully saturated rings. The molecule has 0 radical (unpaired) electrons. The van der Waals surface area contributed by atoms with Gasteiger partial charge in [-0.05, 0) is 83.8 Å². The molecular formula is C25H30Cl2IN3O4S. The van der Waals surface area contributed by atoms with Gasteiger partial charge in [-0.2, -0.15) is 0 Å². The van der Waals surface area contributed by atoms with Gasteiger partial charge >= 0.3 is 0 Å². The Hall–Kier alpha value is -1.56. The van der Waals surface area contributed by atoms with Crippen LogP contribution in [0.5, 0.6) is 0 Å². The van der Waals surface area contributed by atoms with Gasteiger partial charge in [0.25, 0.3) is 0 Å². The van der Waals surface area contributed by atoms with Crippen LogP contribution in [-0.2, 0) is 26.2 Å². The summed E-state index contributed by atoms with van der Waals surface area (Å²) < 4.78 is 27.3. The van der Waals surface area contributed by atoms with Crippen molar-refractivity contribution >= 4 is 73.3 Å². The Morgan fingerprint density at radius 1 is 1.08 bits per heavy atom. The van der Waals surface area contributed by atoms with Crippen LogP contribution < -0.4 is 9.62 Å². The molecule has 2 amide bonds. The molecule has 1 atom stereocenters. The molecule has 2 aromatic rings. The zero-order valence-corrected chi connectivity index (χ0v) is 24.7. The van der Waals surface area contributed by atoms with Gasteiger partial charge in [0.1, 0.15) is 12.6 Å². The van der Waals surface area contributed by atoms with E-state index in [1.165, 1.54) is 4.90 Å². The summed E-state index contributed by atoms with van der Waals surface area (Å²) >= 11 is 14.4. The van der Waals surface area contributed by atoms with E-state index in [1.54, 1.807) is 42.5 Å². The summed E-state index contributed by atoms with van der Waals surface area (Å²) in [5, 5.41) is 3.80. The number of sulfonamides is 1. The van der Waals surface area contributed by atoms with E-state index in [0.717, 1.165) is 39.8 Å². The SMILES string of the molecule is CCC(C(=O)NC1CCCC1)N(Cc1ccc(Cl)c(Cl)c1)C(=O)CN(c1ccc(I)cc1)S(C)(=O)=O. The smallest absolute Gasteiger partial charge is 0.244 e. The lowest BCUT2D eigenvalue weighted by molar-refractivity contribution is -0.140. The minimum Gasteiger partial charge on any atom is -0.352 e. The number of nitrogens with zero attached hydrogens (tertiary/aromatic N) is 2. The van der Waals surface area contributed by atoms with E-state index in [2.05, 4.69) is 27.9 Å². The fourth-order valence-electron chi connectivity index (χ4n) is 4.34. The maximum atomic E-state index is 13.7. The van der Waals surface area contributed by atoms with Gasteiger partial charge in [0, 0.05) is 16.2 Å². The second-order valence-corrected chi connectivity index (χ2v) is 12.9. The Balaban J connectivity index is 1.93. The zero-order chi connectivity index (χ0) is 26.5. The van der Waals surface area contributed by atoms with Gasteiger partial charge < -0.3 is 10.2 Å². The molecule has 0 saturated heterocycles. The molecule has 1 N–H and O–H groups in total. The lowest BCUT2D eigenvalue weighted by Crippen LogP contribution is -2.53. The lowest BCUT2D eigenvalue weighted by Gasteiger charge is -2.33. The number of nitrogens with one attached hydrogen (secondary N) is 1. The van der Waals surface area contributed by atoms with E-state index in [9.17, 15) is 18.0 Å². The van der Waals surface area contributed by atoms with Crippen LogP contribution in [-0.4, -0.2) is 50.0 Å². The van der Waals surface area contributed by atoms with Crippen LogP contribution in [0.3, 0.4) is 0 Å². The van der Waals surface area contributed by atoms with Crippen LogP contribution in [0.1, 0.15) is 44.6 Å². The Labute approximate surface area is 236 Å². The molecule has 0 aliphatic heterocycles. The third-order valence-corrected chi connectivity index (χ3v) is 8.82. The van der Waals surface area contributed by atoms with Crippen molar-refractivity contribution in [2.75, 3.05) is 17.1 Å². The third-order valence-electron chi connectivity index (χ3n) is 6.22.